The van der Waals surface area contributed by atoms with Crippen molar-refractivity contribution in [2.45, 2.75) is 63.6 Å². The number of carbonyl (C=O) groups excluding carboxylic acids is 2. The molecule has 0 unspecified atom stereocenters. The minimum absolute atomic E-state index is 0.0647. The number of carbonyl (C=O) groups is 3. The summed E-state index contributed by atoms with van der Waals surface area (Å²) >= 11 is 0. The number of nitrogens with two attached hydrogens (primary N) is 1. The van der Waals surface area contributed by atoms with Crippen LogP contribution < -0.4 is 5.73 Å². The molecule has 5 atom stereocenters. The molecular weight excluding hydrogens is 333 g/mol. The zero-order valence-corrected chi connectivity index (χ0v) is 14.4. The first-order valence-electron chi connectivity index (χ1n) is 8.82. The van der Waals surface area contributed by atoms with Crippen molar-refractivity contribution in [1.29, 1.82) is 0 Å². The van der Waals surface area contributed by atoms with E-state index >= 15 is 0 Å². The highest BCUT2D eigenvalue weighted by Gasteiger charge is 2.74. The maximum absolute atomic E-state index is 13.8. The van der Waals surface area contributed by atoms with Crippen molar-refractivity contribution in [1.82, 2.24) is 0 Å². The van der Waals surface area contributed by atoms with Crippen molar-refractivity contribution in [2.24, 2.45) is 23.5 Å². The quantitative estimate of drug-likeness (QED) is 0.347. The first-order valence-corrected chi connectivity index (χ1v) is 8.82. The lowest BCUT2D eigenvalue weighted by atomic mass is 9.90. The number of unbranched alkanes of at least 4 members (excludes halogenated alkanes) is 4. The fourth-order valence-electron chi connectivity index (χ4n) is 3.75. The summed E-state index contributed by atoms with van der Waals surface area (Å²) in [5.74, 6) is -4.49. The van der Waals surface area contributed by atoms with E-state index in [1.54, 1.807) is 0 Å². The fourth-order valence-corrected chi connectivity index (χ4v) is 3.75. The highest BCUT2D eigenvalue weighted by atomic mass is 19.1. The molecule has 0 heterocycles. The number of hydrogen-bond donors (Lipinski definition) is 2. The van der Waals surface area contributed by atoms with E-state index in [9.17, 15) is 18.8 Å². The number of hydrogen-bond acceptors (Lipinski definition) is 6. The summed E-state index contributed by atoms with van der Waals surface area (Å²) in [6, 6.07) is 0. The third kappa shape index (κ3) is 4.11. The normalized spacial score (nSPS) is 32.8. The van der Waals surface area contributed by atoms with Gasteiger partial charge in [-0.15, -0.1) is 0 Å². The van der Waals surface area contributed by atoms with Gasteiger partial charge in [0.2, 0.25) is 6.79 Å². The number of alkyl halides is 1. The molecule has 7 nitrogen and oxygen atoms in total. The maximum atomic E-state index is 13.8. The number of esters is 2. The van der Waals surface area contributed by atoms with Crippen molar-refractivity contribution >= 4 is 17.9 Å². The van der Waals surface area contributed by atoms with Crippen LogP contribution in [0.2, 0.25) is 0 Å². The molecule has 142 valence electrons. The molecule has 3 N–H and O–H groups in total. The number of rotatable bonds is 10. The number of carboxylic acids is 1. The van der Waals surface area contributed by atoms with E-state index in [1.165, 1.54) is 0 Å². The summed E-state index contributed by atoms with van der Waals surface area (Å²) in [7, 11) is 0. The van der Waals surface area contributed by atoms with E-state index in [0.717, 1.165) is 32.1 Å². The van der Waals surface area contributed by atoms with Crippen LogP contribution in [0.25, 0.3) is 0 Å². The van der Waals surface area contributed by atoms with E-state index in [0.29, 0.717) is 0 Å². The van der Waals surface area contributed by atoms with Crippen LogP contribution in [-0.2, 0) is 23.9 Å². The SMILES string of the molecule is CCCCCCCC(=O)OCOC(=O)[C@H]1[C@H]2C[C@H](F)[C@](N)(C(=O)O)[C@H]21. The van der Waals surface area contributed by atoms with Crippen molar-refractivity contribution in [3.05, 3.63) is 0 Å². The average Bonchev–Trinajstić information content (AvgIpc) is 3.20. The molecule has 0 aromatic heterocycles. The summed E-state index contributed by atoms with van der Waals surface area (Å²) in [5, 5.41) is 9.14. The van der Waals surface area contributed by atoms with Gasteiger partial charge in [0.15, 0.2) is 0 Å². The Kier molecular flexibility index (Phi) is 6.37. The number of ether oxygens (including phenoxy) is 2. The number of halogens is 1. The van der Waals surface area contributed by atoms with Crippen LogP contribution in [0.1, 0.15) is 51.9 Å². The summed E-state index contributed by atoms with van der Waals surface area (Å²) < 4.78 is 23.5. The van der Waals surface area contributed by atoms with E-state index in [2.05, 4.69) is 6.92 Å². The molecule has 0 aromatic carbocycles. The Morgan fingerprint density at radius 2 is 1.88 bits per heavy atom. The van der Waals surface area contributed by atoms with E-state index < -0.39 is 54.2 Å². The van der Waals surface area contributed by atoms with E-state index in [1.807, 2.05) is 0 Å². The lowest BCUT2D eigenvalue weighted by Gasteiger charge is -2.25. The molecule has 0 bridgehead atoms. The van der Waals surface area contributed by atoms with Gasteiger partial charge >= 0.3 is 17.9 Å². The fraction of sp³-hybridized carbons (Fsp3) is 0.824. The lowest BCUT2D eigenvalue weighted by Crippen LogP contribution is -2.56. The molecule has 0 aromatic rings. The molecule has 0 aliphatic heterocycles. The molecule has 8 heteroatoms. The summed E-state index contributed by atoms with van der Waals surface area (Å²) in [6.45, 7) is 1.60. The molecule has 0 amide bonds. The first-order chi connectivity index (χ1) is 11.8. The third-order valence-corrected chi connectivity index (χ3v) is 5.27. The highest BCUT2D eigenvalue weighted by molar-refractivity contribution is 5.86. The Morgan fingerprint density at radius 1 is 1.20 bits per heavy atom. The van der Waals surface area contributed by atoms with Gasteiger partial charge in [0, 0.05) is 12.3 Å². The predicted octanol–water partition coefficient (Wildman–Crippen LogP) is 1.78. The van der Waals surface area contributed by atoms with Crippen molar-refractivity contribution in [2.75, 3.05) is 6.79 Å². The zero-order valence-electron chi connectivity index (χ0n) is 14.4. The molecule has 25 heavy (non-hydrogen) atoms. The molecule has 2 rings (SSSR count). The van der Waals surface area contributed by atoms with Crippen molar-refractivity contribution < 1.29 is 33.4 Å². The Labute approximate surface area is 146 Å². The second-order valence-corrected chi connectivity index (χ2v) is 6.92. The van der Waals surface area contributed by atoms with Crippen LogP contribution in [0.5, 0.6) is 0 Å². The Hall–Kier alpha value is -1.70. The molecular formula is C17H26FNO6. The van der Waals surface area contributed by atoms with Gasteiger partial charge in [-0.1, -0.05) is 32.6 Å². The van der Waals surface area contributed by atoms with Gasteiger partial charge in [0.1, 0.15) is 11.7 Å². The molecule has 0 saturated heterocycles. The Balaban J connectivity index is 1.66. The highest BCUT2D eigenvalue weighted by Crippen LogP contribution is 2.62. The van der Waals surface area contributed by atoms with Crippen LogP contribution in [-0.4, -0.2) is 41.5 Å². The summed E-state index contributed by atoms with van der Waals surface area (Å²) in [4.78, 5) is 34.7. The first kappa shape index (κ1) is 19.6. The van der Waals surface area contributed by atoms with Gasteiger partial charge in [-0.2, -0.15) is 0 Å². The summed E-state index contributed by atoms with van der Waals surface area (Å²) in [6.07, 6.45) is 3.54. The van der Waals surface area contributed by atoms with Crippen LogP contribution >= 0.6 is 0 Å². The van der Waals surface area contributed by atoms with Crippen LogP contribution in [0.3, 0.4) is 0 Å². The topological polar surface area (TPSA) is 116 Å². The third-order valence-electron chi connectivity index (χ3n) is 5.27. The predicted molar refractivity (Wildman–Crippen MR) is 85.0 cm³/mol. The van der Waals surface area contributed by atoms with Gasteiger partial charge in [-0.25, -0.2) is 4.39 Å². The largest absolute Gasteiger partial charge is 0.480 e. The Bertz CT molecular complexity index is 527. The van der Waals surface area contributed by atoms with Crippen molar-refractivity contribution in [3.8, 4) is 0 Å². The summed E-state index contributed by atoms with van der Waals surface area (Å²) in [5.41, 5.74) is 3.62. The van der Waals surface area contributed by atoms with Gasteiger partial charge in [-0.05, 0) is 18.8 Å². The number of fused-ring (bicyclic) bond motifs is 1. The molecule has 0 radical (unpaired) electrons. The zero-order chi connectivity index (χ0) is 18.6. The minimum Gasteiger partial charge on any atom is -0.480 e. The molecule has 2 aliphatic carbocycles. The van der Waals surface area contributed by atoms with Crippen LogP contribution in [0, 0.1) is 17.8 Å². The standard InChI is InChI=1S/C17H26FNO6/c1-2-3-4-5-6-7-12(20)24-9-25-15(21)13-10-8-11(18)17(19,14(10)13)16(22)23/h10-11,13-14H,2-9,19H2,1H3,(H,22,23)/t10-,11+,13+,14-,17-/m1/s1. The van der Waals surface area contributed by atoms with Gasteiger partial charge in [0.25, 0.3) is 0 Å². The van der Waals surface area contributed by atoms with E-state index in [-0.39, 0.29) is 12.8 Å². The lowest BCUT2D eigenvalue weighted by molar-refractivity contribution is -0.169. The van der Waals surface area contributed by atoms with Crippen molar-refractivity contribution in [3.63, 3.8) is 0 Å². The monoisotopic (exact) mass is 359 g/mol. The second-order valence-electron chi connectivity index (χ2n) is 6.92. The maximum Gasteiger partial charge on any atom is 0.327 e. The van der Waals surface area contributed by atoms with Crippen LogP contribution in [0.4, 0.5) is 4.39 Å². The molecule has 2 aliphatic rings. The van der Waals surface area contributed by atoms with Crippen LogP contribution in [0.15, 0.2) is 0 Å². The van der Waals surface area contributed by atoms with E-state index in [4.69, 9.17) is 20.3 Å². The minimum atomic E-state index is -2.04. The second kappa shape index (κ2) is 8.12. The number of aliphatic carboxylic acids is 1. The number of carboxylic acid groups (broad SMARTS) is 1. The van der Waals surface area contributed by atoms with Gasteiger partial charge in [0.05, 0.1) is 5.92 Å². The molecule has 0 spiro atoms. The van der Waals surface area contributed by atoms with Gasteiger partial charge in [-0.3, -0.25) is 14.4 Å². The Morgan fingerprint density at radius 3 is 2.52 bits per heavy atom. The molecule has 2 saturated carbocycles. The van der Waals surface area contributed by atoms with Gasteiger partial charge < -0.3 is 20.3 Å². The molecule has 2 fully saturated rings. The smallest absolute Gasteiger partial charge is 0.327 e. The average molecular weight is 359 g/mol.